The van der Waals surface area contributed by atoms with Crippen LogP contribution in [0.1, 0.15) is 373 Å². The molecule has 0 bridgehead atoms. The van der Waals surface area contributed by atoms with Gasteiger partial charge >= 0.3 is 5.97 Å². The van der Waals surface area contributed by atoms with E-state index in [1.807, 2.05) is 0 Å². The van der Waals surface area contributed by atoms with Gasteiger partial charge in [0.1, 0.15) is 0 Å². The van der Waals surface area contributed by atoms with Gasteiger partial charge in [-0.15, -0.1) is 0 Å². The van der Waals surface area contributed by atoms with Crippen molar-refractivity contribution in [1.29, 1.82) is 0 Å². The molecule has 0 aliphatic heterocycles. The van der Waals surface area contributed by atoms with Gasteiger partial charge in [-0.1, -0.05) is 308 Å². The van der Waals surface area contributed by atoms with Crippen LogP contribution in [0.4, 0.5) is 0 Å². The first-order valence-corrected chi connectivity index (χ1v) is 33.6. The monoisotopic (exact) mass is 1040 g/mol. The lowest BCUT2D eigenvalue weighted by Crippen LogP contribution is -2.45. The van der Waals surface area contributed by atoms with Gasteiger partial charge in [-0.2, -0.15) is 0 Å². The number of aliphatic hydroxyl groups is 2. The van der Waals surface area contributed by atoms with E-state index < -0.39 is 12.1 Å². The summed E-state index contributed by atoms with van der Waals surface area (Å²) in [7, 11) is 0. The molecule has 3 N–H and O–H groups in total. The van der Waals surface area contributed by atoms with E-state index in [-0.39, 0.29) is 18.5 Å². The first kappa shape index (κ1) is 72.3. The lowest BCUT2D eigenvalue weighted by Gasteiger charge is -2.22. The van der Waals surface area contributed by atoms with Crippen LogP contribution < -0.4 is 5.32 Å². The van der Waals surface area contributed by atoms with Crippen molar-refractivity contribution in [2.45, 2.75) is 386 Å². The molecule has 0 heterocycles. The number of hydrogen-bond donors (Lipinski definition) is 3. The number of nitrogens with one attached hydrogen (secondary N) is 1. The number of allylic oxidation sites excluding steroid dienone is 4. The molecule has 74 heavy (non-hydrogen) atoms. The maximum atomic E-state index is 12.5. The fraction of sp³-hybridized carbons (Fsp3) is 0.912. The molecule has 6 heteroatoms. The molecule has 0 radical (unpaired) electrons. The molecule has 0 aromatic heterocycles. The summed E-state index contributed by atoms with van der Waals surface area (Å²) in [4.78, 5) is 24.6. The van der Waals surface area contributed by atoms with E-state index >= 15 is 0 Å². The van der Waals surface area contributed by atoms with Crippen LogP contribution in [0, 0.1) is 0 Å². The number of rotatable bonds is 63. The topological polar surface area (TPSA) is 95.9 Å². The number of aliphatic hydroxyl groups excluding tert-OH is 2. The summed E-state index contributed by atoms with van der Waals surface area (Å²) in [5.74, 6) is -0.0555. The maximum Gasteiger partial charge on any atom is 0.305 e. The van der Waals surface area contributed by atoms with Crippen molar-refractivity contribution in [3.05, 3.63) is 24.3 Å². The van der Waals surface area contributed by atoms with E-state index in [1.54, 1.807) is 0 Å². The molecular formula is C68H131NO5. The second-order valence-corrected chi connectivity index (χ2v) is 23.1. The zero-order valence-corrected chi connectivity index (χ0v) is 50.1. The molecule has 0 aromatic carbocycles. The van der Waals surface area contributed by atoms with E-state index in [1.165, 1.54) is 270 Å². The number of carbonyl (C=O) groups excluding carboxylic acids is 2. The maximum absolute atomic E-state index is 12.5. The van der Waals surface area contributed by atoms with Crippen molar-refractivity contribution < 1.29 is 24.5 Å². The minimum absolute atomic E-state index is 0.00931. The summed E-state index contributed by atoms with van der Waals surface area (Å²) >= 11 is 0. The summed E-state index contributed by atoms with van der Waals surface area (Å²) in [5, 5.41) is 23.4. The summed E-state index contributed by atoms with van der Waals surface area (Å²) in [6.45, 7) is 4.95. The molecule has 0 fully saturated rings. The summed E-state index contributed by atoms with van der Waals surface area (Å²) in [6, 6.07) is -0.554. The van der Waals surface area contributed by atoms with Crippen LogP contribution in [0.3, 0.4) is 0 Å². The van der Waals surface area contributed by atoms with Crippen LogP contribution in [-0.4, -0.2) is 47.4 Å². The number of ether oxygens (including phenoxy) is 1. The highest BCUT2D eigenvalue weighted by molar-refractivity contribution is 5.76. The number of amides is 1. The first-order valence-electron chi connectivity index (χ1n) is 33.6. The van der Waals surface area contributed by atoms with Crippen LogP contribution in [0.2, 0.25) is 0 Å². The van der Waals surface area contributed by atoms with Crippen LogP contribution in [0.5, 0.6) is 0 Å². The molecule has 0 rings (SSSR count). The van der Waals surface area contributed by atoms with Crippen molar-refractivity contribution >= 4 is 11.9 Å². The first-order chi connectivity index (χ1) is 36.5. The van der Waals surface area contributed by atoms with Gasteiger partial charge in [0.25, 0.3) is 0 Å². The van der Waals surface area contributed by atoms with Crippen LogP contribution in [-0.2, 0) is 14.3 Å². The quantitative estimate of drug-likeness (QED) is 0.0320. The smallest absolute Gasteiger partial charge is 0.305 e. The third kappa shape index (κ3) is 59.6. The zero-order chi connectivity index (χ0) is 53.6. The Hall–Kier alpha value is -1.66. The Kier molecular flexibility index (Phi) is 62.4. The molecule has 0 spiro atoms. The van der Waals surface area contributed by atoms with E-state index in [0.717, 1.165) is 70.6 Å². The predicted octanol–water partition coefficient (Wildman–Crippen LogP) is 21.4. The van der Waals surface area contributed by atoms with E-state index in [0.29, 0.717) is 25.9 Å². The molecule has 0 saturated heterocycles. The summed E-state index contributed by atoms with van der Waals surface area (Å²) in [6.07, 6.45) is 79.1. The van der Waals surface area contributed by atoms with Crippen LogP contribution >= 0.6 is 0 Å². The molecule has 6 nitrogen and oxygen atoms in total. The lowest BCUT2D eigenvalue weighted by molar-refractivity contribution is -0.143. The molecule has 2 atom stereocenters. The average Bonchev–Trinajstić information content (AvgIpc) is 3.40. The van der Waals surface area contributed by atoms with Gasteiger partial charge in [0.15, 0.2) is 0 Å². The van der Waals surface area contributed by atoms with Crippen molar-refractivity contribution in [3.8, 4) is 0 Å². The fourth-order valence-electron chi connectivity index (χ4n) is 10.6. The average molecular weight is 1040 g/mol. The molecule has 1 amide bonds. The second-order valence-electron chi connectivity index (χ2n) is 23.1. The highest BCUT2D eigenvalue weighted by Gasteiger charge is 2.20. The highest BCUT2D eigenvalue weighted by atomic mass is 16.5. The minimum Gasteiger partial charge on any atom is -0.466 e. The normalized spacial score (nSPS) is 12.6. The number of unbranched alkanes of at least 4 members (excludes halogenated alkanes) is 48. The Labute approximate surface area is 462 Å². The highest BCUT2D eigenvalue weighted by Crippen LogP contribution is 2.18. The van der Waals surface area contributed by atoms with Gasteiger partial charge in [0.05, 0.1) is 25.4 Å². The molecule has 0 saturated carbocycles. The van der Waals surface area contributed by atoms with Gasteiger partial charge in [0, 0.05) is 12.8 Å². The van der Waals surface area contributed by atoms with E-state index in [4.69, 9.17) is 4.74 Å². The summed E-state index contributed by atoms with van der Waals surface area (Å²) in [5.41, 5.74) is 0. The number of carbonyl (C=O) groups is 2. The number of hydrogen-bond acceptors (Lipinski definition) is 5. The van der Waals surface area contributed by atoms with Gasteiger partial charge in [-0.3, -0.25) is 9.59 Å². The Morgan fingerprint density at radius 2 is 0.635 bits per heavy atom. The van der Waals surface area contributed by atoms with Crippen molar-refractivity contribution in [1.82, 2.24) is 5.32 Å². The molecule has 0 aliphatic carbocycles. The van der Waals surface area contributed by atoms with Gasteiger partial charge in [0.2, 0.25) is 5.91 Å². The summed E-state index contributed by atoms with van der Waals surface area (Å²) < 4.78 is 5.49. The third-order valence-electron chi connectivity index (χ3n) is 15.7. The standard InChI is InChI=1S/C68H131NO5/c1-3-5-7-9-11-13-15-17-19-21-23-24-25-26-28-29-32-36-40-44-48-52-56-60-66(71)65(64-70)69-67(72)61-57-53-49-45-41-37-33-31-35-39-43-47-51-55-59-63-74-68(73)62-58-54-50-46-42-38-34-30-27-22-20-18-16-14-12-10-8-6-4-2/h18,20,35,39,65-66,70-71H,3-17,19,21-34,36-38,40-64H2,1-2H3,(H,69,72)/b20-18-,39-35-. The minimum atomic E-state index is -0.676. The van der Waals surface area contributed by atoms with Crippen LogP contribution in [0.15, 0.2) is 24.3 Å². The van der Waals surface area contributed by atoms with E-state index in [9.17, 15) is 19.8 Å². The van der Waals surface area contributed by atoms with Crippen molar-refractivity contribution in [3.63, 3.8) is 0 Å². The van der Waals surface area contributed by atoms with E-state index in [2.05, 4.69) is 43.5 Å². The SMILES string of the molecule is CCCCCCCC/C=C\CCCCCCCCCCCC(=O)OCCCCCC/C=C\CCCCCCCCCC(=O)NC(CO)C(O)CCCCCCCCCCCCCCCCCCCCCCCCC. The predicted molar refractivity (Wildman–Crippen MR) is 324 cm³/mol. The Bertz CT molecular complexity index is 1150. The Morgan fingerprint density at radius 3 is 0.959 bits per heavy atom. The zero-order valence-electron chi connectivity index (χ0n) is 50.1. The Balaban J connectivity index is 3.44. The van der Waals surface area contributed by atoms with Gasteiger partial charge in [-0.05, 0) is 77.0 Å². The largest absolute Gasteiger partial charge is 0.466 e. The van der Waals surface area contributed by atoms with Crippen LogP contribution in [0.25, 0.3) is 0 Å². The molecule has 0 aromatic rings. The van der Waals surface area contributed by atoms with Crippen molar-refractivity contribution in [2.75, 3.05) is 13.2 Å². The molecule has 438 valence electrons. The number of esters is 1. The lowest BCUT2D eigenvalue weighted by atomic mass is 10.0. The van der Waals surface area contributed by atoms with Crippen molar-refractivity contribution in [2.24, 2.45) is 0 Å². The molecular weight excluding hydrogens is 911 g/mol. The fourth-order valence-corrected chi connectivity index (χ4v) is 10.6. The Morgan fingerprint density at radius 1 is 0.365 bits per heavy atom. The third-order valence-corrected chi connectivity index (χ3v) is 15.7. The van der Waals surface area contributed by atoms with Gasteiger partial charge in [-0.25, -0.2) is 0 Å². The molecule has 2 unspecified atom stereocenters. The molecule has 0 aliphatic rings. The second kappa shape index (κ2) is 63.9. The van der Waals surface area contributed by atoms with Gasteiger partial charge < -0.3 is 20.3 Å².